The van der Waals surface area contributed by atoms with Crippen molar-refractivity contribution in [2.45, 2.75) is 53.4 Å². The third kappa shape index (κ3) is 5.45. The second kappa shape index (κ2) is 12.0. The summed E-state index contributed by atoms with van der Waals surface area (Å²) < 4.78 is 5.51. The number of carbonyl (C=O) groups excluding carboxylic acids is 1. The summed E-state index contributed by atoms with van der Waals surface area (Å²) in [5, 5.41) is 2.95. The monoisotopic (exact) mass is 560 g/mol. The van der Waals surface area contributed by atoms with Crippen LogP contribution in [0, 0.1) is 23.7 Å². The number of halogens is 2. The molecule has 2 aromatic carbocycles. The van der Waals surface area contributed by atoms with Crippen molar-refractivity contribution in [3.63, 3.8) is 0 Å². The van der Waals surface area contributed by atoms with Gasteiger partial charge in [-0.1, -0.05) is 0 Å². The average molecular weight is 561 g/mol. The van der Waals surface area contributed by atoms with Crippen molar-refractivity contribution in [2.24, 2.45) is 23.7 Å². The van der Waals surface area contributed by atoms with E-state index >= 15 is 0 Å². The standard InChI is InChI=1S/C12H11Si.C9H13.C8H13NO.2ClH.Ti/c1-3-7-11(8-4-1)13-12-9-5-2-6-10-12;1-6-5-7(2)9(4)8(6)3;9-8(10)7-4-5-1-2-6(7)3-5;;;/h1-10,13H;6H,1-4H3;5-7H,1-4H2,(H2,9,10);2*1H;/q;;;;;+3/p-3. The third-order valence-corrected chi connectivity index (χ3v) is 22.2. The molecule has 35 heavy (non-hydrogen) atoms. The number of hydrogen-bond acceptors (Lipinski definition) is 1. The Balaban J connectivity index is 0.00000171. The molecule has 3 aliphatic carbocycles. The first-order valence-corrected chi connectivity index (χ1v) is 18.6. The molecule has 0 spiro atoms. The molecule has 6 heteroatoms. The summed E-state index contributed by atoms with van der Waals surface area (Å²) in [5.41, 5.74) is 4.41. The summed E-state index contributed by atoms with van der Waals surface area (Å²) in [4.78, 5) is 13.9. The van der Waals surface area contributed by atoms with E-state index in [1.165, 1.54) is 46.4 Å². The molecule has 1 amide bonds. The molecule has 3 aliphatic rings. The summed E-state index contributed by atoms with van der Waals surface area (Å²) in [7, 11) is 0. The number of hydrogen-bond donors (Lipinski definition) is 1. The van der Waals surface area contributed by atoms with Crippen LogP contribution in [0.15, 0.2) is 81.3 Å². The summed E-state index contributed by atoms with van der Waals surface area (Å²) >= 11 is -2.19. The van der Waals surface area contributed by atoms with Gasteiger partial charge >= 0.3 is 207 Å². The molecule has 0 aromatic heterocycles. The smallest absolute Gasteiger partial charge is 1.00 e. The Kier molecular flexibility index (Phi) is 9.73. The summed E-state index contributed by atoms with van der Waals surface area (Å²) in [6.45, 7) is 7.65. The van der Waals surface area contributed by atoms with Crippen molar-refractivity contribution in [3.05, 3.63) is 81.3 Å². The molecule has 2 bridgehead atoms. The molecule has 0 radical (unpaired) electrons. The maximum absolute atomic E-state index is 13.9. The minimum Gasteiger partial charge on any atom is -1.00 e. The van der Waals surface area contributed by atoms with Gasteiger partial charge in [-0.2, -0.15) is 0 Å². The average Bonchev–Trinajstić information content (AvgIpc) is 3.52. The first-order valence-electron chi connectivity index (χ1n) is 12.6. The fourth-order valence-electron chi connectivity index (χ4n) is 6.70. The van der Waals surface area contributed by atoms with Crippen LogP contribution in [0.5, 0.6) is 0 Å². The van der Waals surface area contributed by atoms with Crippen molar-refractivity contribution < 1.29 is 47.0 Å². The molecule has 5 rings (SSSR count). The van der Waals surface area contributed by atoms with E-state index in [1.54, 1.807) is 3.88 Å². The van der Waals surface area contributed by atoms with E-state index in [0.29, 0.717) is 17.7 Å². The normalized spacial score (nSPS) is 24.9. The Morgan fingerprint density at radius 2 is 1.43 bits per heavy atom. The van der Waals surface area contributed by atoms with Crippen LogP contribution in [-0.2, 0) is 22.2 Å². The van der Waals surface area contributed by atoms with Crippen molar-refractivity contribution in [1.82, 2.24) is 3.80 Å². The van der Waals surface area contributed by atoms with Crippen LogP contribution in [0.25, 0.3) is 0 Å². The molecule has 2 saturated carbocycles. The number of amides is 1. The van der Waals surface area contributed by atoms with Crippen molar-refractivity contribution in [3.8, 4) is 0 Å². The molecule has 2 fully saturated rings. The quantitative estimate of drug-likeness (QED) is 0.446. The van der Waals surface area contributed by atoms with Gasteiger partial charge in [0, 0.05) is 0 Å². The van der Waals surface area contributed by atoms with Gasteiger partial charge in [0.1, 0.15) is 0 Å². The van der Waals surface area contributed by atoms with Crippen molar-refractivity contribution in [2.75, 3.05) is 0 Å². The maximum Gasteiger partial charge on any atom is -1.00 e. The van der Waals surface area contributed by atoms with Crippen LogP contribution in [0.4, 0.5) is 0 Å². The number of nitrogens with one attached hydrogen (secondary N) is 1. The Morgan fingerprint density at radius 3 is 1.86 bits per heavy atom. The minimum absolute atomic E-state index is 0. The third-order valence-electron chi connectivity index (χ3n) is 8.82. The molecule has 2 aromatic rings. The molecular weight excluding hydrogens is 525 g/mol. The van der Waals surface area contributed by atoms with Crippen molar-refractivity contribution in [1.29, 1.82) is 0 Å². The van der Waals surface area contributed by atoms with Crippen LogP contribution < -0.4 is 39.0 Å². The van der Waals surface area contributed by atoms with Crippen LogP contribution in [0.1, 0.15) is 53.4 Å². The predicted octanol–water partition coefficient (Wildman–Crippen LogP) is -1.12. The van der Waals surface area contributed by atoms with Crippen molar-refractivity contribution >= 4 is 22.9 Å². The van der Waals surface area contributed by atoms with Gasteiger partial charge in [0.15, 0.2) is 0 Å². The Bertz CT molecular complexity index is 1060. The number of carbonyl (C=O) groups is 1. The molecular formula is C29H36Cl2NOSiTi. The minimum atomic E-state index is -2.19. The fourth-order valence-corrected chi connectivity index (χ4v) is 21.9. The van der Waals surface area contributed by atoms with Crippen LogP contribution in [0.2, 0.25) is 0 Å². The largest absolute Gasteiger partial charge is 1.00 e. The van der Waals surface area contributed by atoms with Gasteiger partial charge in [0.25, 0.3) is 0 Å². The predicted molar refractivity (Wildman–Crippen MR) is 137 cm³/mol. The number of rotatable bonds is 6. The zero-order valence-electron chi connectivity index (χ0n) is 21.2. The zero-order chi connectivity index (χ0) is 23.1. The van der Waals surface area contributed by atoms with E-state index in [-0.39, 0.29) is 30.7 Å². The Labute approximate surface area is 230 Å². The molecule has 4 atom stereocenters. The molecule has 0 heterocycles. The van der Waals surface area contributed by atoms with Gasteiger partial charge in [-0.05, 0) is 0 Å². The fraction of sp³-hybridized carbons (Fsp3) is 0.414. The van der Waals surface area contributed by atoms with E-state index < -0.39 is 24.0 Å². The zero-order valence-corrected chi connectivity index (χ0v) is 25.4. The number of fused-ring (bicyclic) bond motifs is 2. The molecule has 1 N–H and O–H groups in total. The maximum atomic E-state index is 13.9. The summed E-state index contributed by atoms with van der Waals surface area (Å²) in [6.07, 6.45) is 5.00. The second-order valence-corrected chi connectivity index (χ2v) is 20.3. The first kappa shape index (κ1) is 28.5. The topological polar surface area (TPSA) is 29.1 Å². The molecule has 185 valence electrons. The van der Waals surface area contributed by atoms with Crippen LogP contribution >= 0.6 is 0 Å². The molecule has 2 nitrogen and oxygen atoms in total. The molecule has 4 unspecified atom stereocenters. The van der Waals surface area contributed by atoms with Gasteiger partial charge in [-0.3, -0.25) is 0 Å². The first-order chi connectivity index (χ1) is 16.0. The number of benzene rings is 2. The van der Waals surface area contributed by atoms with E-state index in [0.717, 1.165) is 12.3 Å². The SMILES string of the molecule is CC1=C(C)C(C)[C]([Ti+2]([NH]C(=O)C2CC3CCC2C3)[SiH](c2ccccc2)c2ccccc2)=C1C.[Cl-].[Cl-]. The summed E-state index contributed by atoms with van der Waals surface area (Å²) in [5.74, 6) is 2.50. The molecule has 0 aliphatic heterocycles. The van der Waals surface area contributed by atoms with E-state index in [2.05, 4.69) is 92.2 Å². The second-order valence-electron chi connectivity index (χ2n) is 10.5. The van der Waals surface area contributed by atoms with E-state index in [4.69, 9.17) is 0 Å². The Hall–Kier alpha value is -1.10. The van der Waals surface area contributed by atoms with E-state index in [9.17, 15) is 4.79 Å². The van der Waals surface area contributed by atoms with Crippen LogP contribution in [-0.4, -0.2) is 12.6 Å². The van der Waals surface area contributed by atoms with E-state index in [1.807, 2.05) is 0 Å². The molecule has 0 saturated heterocycles. The Morgan fingerprint density at radius 1 is 0.857 bits per heavy atom. The van der Waals surface area contributed by atoms with Gasteiger partial charge in [-0.25, -0.2) is 0 Å². The number of allylic oxidation sites excluding steroid dienone is 4. The van der Waals surface area contributed by atoms with Gasteiger partial charge in [0.2, 0.25) is 0 Å². The van der Waals surface area contributed by atoms with Crippen LogP contribution in [0.3, 0.4) is 0 Å². The van der Waals surface area contributed by atoms with Gasteiger partial charge in [0.05, 0.1) is 0 Å². The summed E-state index contributed by atoms with van der Waals surface area (Å²) in [6, 6.07) is 22.2. The van der Waals surface area contributed by atoms with Gasteiger partial charge < -0.3 is 24.8 Å². The van der Waals surface area contributed by atoms with Gasteiger partial charge in [-0.15, -0.1) is 0 Å².